The van der Waals surface area contributed by atoms with Crippen LogP contribution in [0.25, 0.3) is 0 Å². The first kappa shape index (κ1) is 19.1. The molecule has 3 aliphatic rings. The molecule has 2 saturated carbocycles. The molecule has 2 aliphatic carbocycles. The predicted molar refractivity (Wildman–Crippen MR) is 94.4 cm³/mol. The molecule has 7 nitrogen and oxygen atoms in total. The molecule has 0 aromatic heterocycles. The molecule has 5 atom stereocenters. The highest BCUT2D eigenvalue weighted by Crippen LogP contribution is 2.41. The molecule has 0 unspecified atom stereocenters. The van der Waals surface area contributed by atoms with E-state index >= 15 is 0 Å². The lowest BCUT2D eigenvalue weighted by atomic mass is 10.0. The molecule has 0 spiro atoms. The Morgan fingerprint density at radius 1 is 1.23 bits per heavy atom. The zero-order valence-corrected chi connectivity index (χ0v) is 15.6. The van der Waals surface area contributed by atoms with E-state index < -0.39 is 24.1 Å². The maximum Gasteiger partial charge on any atom is 0.326 e. The molecule has 0 aromatic rings. The number of ether oxygens (including phenoxy) is 1. The van der Waals surface area contributed by atoms with Crippen LogP contribution in [-0.4, -0.2) is 58.6 Å². The van der Waals surface area contributed by atoms with E-state index in [1.54, 1.807) is 18.7 Å². The predicted octanol–water partition coefficient (Wildman–Crippen LogP) is 1.55. The number of fused-ring (bicyclic) bond motifs is 1. The number of esters is 1. The Morgan fingerprint density at radius 3 is 2.58 bits per heavy atom. The molecule has 7 heteroatoms. The Labute approximate surface area is 154 Å². The van der Waals surface area contributed by atoms with Gasteiger partial charge in [0.25, 0.3) is 0 Å². The summed E-state index contributed by atoms with van der Waals surface area (Å²) in [5.41, 5.74) is 0. The summed E-state index contributed by atoms with van der Waals surface area (Å²) < 4.78 is 5.15. The summed E-state index contributed by atoms with van der Waals surface area (Å²) in [7, 11) is 0. The minimum atomic E-state index is -0.931. The second-order valence-electron chi connectivity index (χ2n) is 7.97. The van der Waals surface area contributed by atoms with Crippen LogP contribution in [0.5, 0.6) is 0 Å². The van der Waals surface area contributed by atoms with Crippen LogP contribution in [-0.2, 0) is 19.1 Å². The summed E-state index contributed by atoms with van der Waals surface area (Å²) >= 11 is 0. The topological polar surface area (TPSA) is 95.9 Å². The van der Waals surface area contributed by atoms with Gasteiger partial charge in [-0.15, -0.1) is 0 Å². The van der Waals surface area contributed by atoms with Gasteiger partial charge >= 0.3 is 11.9 Å². The summed E-state index contributed by atoms with van der Waals surface area (Å²) in [6.07, 6.45) is 6.34. The Bertz CT molecular complexity index is 562. The largest absolute Gasteiger partial charge is 0.480 e. The summed E-state index contributed by atoms with van der Waals surface area (Å²) in [5.74, 6) is -0.665. The van der Waals surface area contributed by atoms with Gasteiger partial charge in [-0.3, -0.25) is 14.9 Å². The molecule has 0 aromatic carbocycles. The third-order valence-electron chi connectivity index (χ3n) is 6.04. The van der Waals surface area contributed by atoms with E-state index in [0.717, 1.165) is 32.1 Å². The van der Waals surface area contributed by atoms with E-state index in [4.69, 9.17) is 4.74 Å². The van der Waals surface area contributed by atoms with Gasteiger partial charge in [-0.25, -0.2) is 4.79 Å². The third kappa shape index (κ3) is 4.03. The quantitative estimate of drug-likeness (QED) is 0.633. The number of amides is 1. The van der Waals surface area contributed by atoms with Crippen molar-refractivity contribution in [2.75, 3.05) is 6.61 Å². The van der Waals surface area contributed by atoms with Gasteiger partial charge in [0.05, 0.1) is 12.6 Å². The molecule has 1 heterocycles. The van der Waals surface area contributed by atoms with Crippen molar-refractivity contribution >= 4 is 17.8 Å². The lowest BCUT2D eigenvalue weighted by Gasteiger charge is -2.31. The van der Waals surface area contributed by atoms with Gasteiger partial charge in [0.15, 0.2) is 0 Å². The van der Waals surface area contributed by atoms with Crippen LogP contribution in [0.2, 0.25) is 0 Å². The second kappa shape index (κ2) is 7.94. The molecule has 26 heavy (non-hydrogen) atoms. The maximum atomic E-state index is 13.1. The highest BCUT2D eigenvalue weighted by molar-refractivity contribution is 5.88. The number of carboxylic acid groups (broad SMARTS) is 1. The van der Waals surface area contributed by atoms with Gasteiger partial charge in [-0.05, 0) is 51.4 Å². The number of carbonyl (C=O) groups is 3. The number of likely N-dealkylation sites (tertiary alicyclic amines) is 1. The number of rotatable bonds is 8. The minimum Gasteiger partial charge on any atom is -0.480 e. The van der Waals surface area contributed by atoms with Crippen LogP contribution < -0.4 is 5.32 Å². The fraction of sp³-hybridized carbons (Fsp3) is 0.842. The van der Waals surface area contributed by atoms with E-state index in [2.05, 4.69) is 5.32 Å². The van der Waals surface area contributed by atoms with Crippen molar-refractivity contribution in [3.8, 4) is 0 Å². The Morgan fingerprint density at radius 2 is 1.96 bits per heavy atom. The first-order valence-electron chi connectivity index (χ1n) is 9.90. The van der Waals surface area contributed by atoms with Gasteiger partial charge in [-0.2, -0.15) is 0 Å². The molecule has 2 N–H and O–H groups in total. The molecule has 146 valence electrons. The number of nitrogens with one attached hydrogen (secondary N) is 1. The van der Waals surface area contributed by atoms with E-state index in [1.165, 1.54) is 0 Å². The van der Waals surface area contributed by atoms with Gasteiger partial charge in [0.2, 0.25) is 5.91 Å². The molecule has 3 fully saturated rings. The maximum absolute atomic E-state index is 13.1. The van der Waals surface area contributed by atoms with Crippen LogP contribution in [0, 0.1) is 11.8 Å². The number of nitrogens with zero attached hydrogens (tertiary/aromatic N) is 1. The lowest BCUT2D eigenvalue weighted by molar-refractivity contribution is -0.151. The van der Waals surface area contributed by atoms with Crippen molar-refractivity contribution in [2.45, 2.75) is 83.0 Å². The van der Waals surface area contributed by atoms with Crippen molar-refractivity contribution in [3.63, 3.8) is 0 Å². The van der Waals surface area contributed by atoms with Crippen molar-refractivity contribution < 1.29 is 24.2 Å². The number of hydrogen-bond acceptors (Lipinski definition) is 5. The molecular formula is C19H30N2O5. The van der Waals surface area contributed by atoms with E-state index in [0.29, 0.717) is 31.3 Å². The molecule has 0 bridgehead atoms. The molecule has 1 aliphatic heterocycles. The van der Waals surface area contributed by atoms with Gasteiger partial charge in [0, 0.05) is 6.04 Å². The standard InChI is InChI=1S/C19H30N2O5/c1-3-26-19(25)14(9-12-7-8-12)20-11(2)17(22)21-15-6-4-5-13(15)10-16(21)18(23)24/h11-16,20H,3-10H2,1-2H3,(H,23,24)/t11-,13-,14-,15-,16-/m0/s1. The number of aliphatic carboxylic acids is 1. The average molecular weight is 366 g/mol. The fourth-order valence-electron chi connectivity index (χ4n) is 4.59. The SMILES string of the molecule is CCOC(=O)[C@H](CC1CC1)N[C@@H](C)C(=O)N1[C@H](C(=O)O)C[C@@H]2CCC[C@@H]21. The van der Waals surface area contributed by atoms with Crippen LogP contribution in [0.1, 0.15) is 58.8 Å². The van der Waals surface area contributed by atoms with Gasteiger partial charge in [0.1, 0.15) is 12.1 Å². The minimum absolute atomic E-state index is 0.0253. The van der Waals surface area contributed by atoms with Crippen molar-refractivity contribution in [1.29, 1.82) is 0 Å². The number of carbonyl (C=O) groups excluding carboxylic acids is 2. The number of carboxylic acids is 1. The molecular weight excluding hydrogens is 336 g/mol. The Hall–Kier alpha value is -1.63. The van der Waals surface area contributed by atoms with E-state index in [9.17, 15) is 19.5 Å². The molecule has 3 rings (SSSR count). The van der Waals surface area contributed by atoms with Crippen LogP contribution in [0.15, 0.2) is 0 Å². The highest BCUT2D eigenvalue weighted by atomic mass is 16.5. The zero-order valence-electron chi connectivity index (χ0n) is 15.6. The molecule has 1 saturated heterocycles. The van der Waals surface area contributed by atoms with Crippen molar-refractivity contribution in [1.82, 2.24) is 10.2 Å². The summed E-state index contributed by atoms with van der Waals surface area (Å²) in [6, 6.07) is -1.83. The number of hydrogen-bond donors (Lipinski definition) is 2. The van der Waals surface area contributed by atoms with Gasteiger partial charge < -0.3 is 14.7 Å². The van der Waals surface area contributed by atoms with Crippen molar-refractivity contribution in [3.05, 3.63) is 0 Å². The van der Waals surface area contributed by atoms with Crippen LogP contribution >= 0.6 is 0 Å². The smallest absolute Gasteiger partial charge is 0.326 e. The normalized spacial score (nSPS) is 29.9. The first-order valence-corrected chi connectivity index (χ1v) is 9.90. The summed E-state index contributed by atoms with van der Waals surface area (Å²) in [5, 5.41) is 12.7. The average Bonchev–Trinajstić information content (AvgIpc) is 3.16. The first-order chi connectivity index (χ1) is 12.4. The van der Waals surface area contributed by atoms with E-state index in [-0.39, 0.29) is 17.9 Å². The summed E-state index contributed by atoms with van der Waals surface area (Å²) in [6.45, 7) is 3.80. The second-order valence-corrected chi connectivity index (χ2v) is 7.97. The third-order valence-corrected chi connectivity index (χ3v) is 6.04. The summed E-state index contributed by atoms with van der Waals surface area (Å²) in [4.78, 5) is 38.5. The monoisotopic (exact) mass is 366 g/mol. The lowest BCUT2D eigenvalue weighted by Crippen LogP contribution is -2.55. The molecule has 0 radical (unpaired) electrons. The van der Waals surface area contributed by atoms with E-state index in [1.807, 2.05) is 0 Å². The Balaban J connectivity index is 1.68. The van der Waals surface area contributed by atoms with Crippen molar-refractivity contribution in [2.24, 2.45) is 11.8 Å². The van der Waals surface area contributed by atoms with Crippen LogP contribution in [0.3, 0.4) is 0 Å². The van der Waals surface area contributed by atoms with Gasteiger partial charge in [-0.1, -0.05) is 19.3 Å². The molecule has 1 amide bonds. The fourth-order valence-corrected chi connectivity index (χ4v) is 4.59. The highest BCUT2D eigenvalue weighted by Gasteiger charge is 2.49. The van der Waals surface area contributed by atoms with Crippen LogP contribution in [0.4, 0.5) is 0 Å². The Kier molecular flexibility index (Phi) is 5.85. The zero-order chi connectivity index (χ0) is 18.8.